The Hall–Kier alpha value is -0.370. The van der Waals surface area contributed by atoms with Crippen molar-refractivity contribution in [3.05, 3.63) is 27.7 Å². The molecular formula is C13H17Cl2NO4S. The number of sulfonamides is 1. The molecule has 1 aliphatic rings. The Balaban J connectivity index is 2.44. The first-order chi connectivity index (χ1) is 9.91. The highest BCUT2D eigenvalue weighted by Gasteiger charge is 2.39. The fourth-order valence-electron chi connectivity index (χ4n) is 2.09. The second kappa shape index (κ2) is 6.81. The number of hydrogen-bond donors (Lipinski definition) is 1. The lowest BCUT2D eigenvalue weighted by molar-refractivity contribution is 0.177. The predicted octanol–water partition coefficient (Wildman–Crippen LogP) is 2.29. The summed E-state index contributed by atoms with van der Waals surface area (Å²) in [5, 5.41) is 9.51. The number of benzene rings is 1. The van der Waals surface area contributed by atoms with Crippen LogP contribution in [0.2, 0.25) is 10.0 Å². The Labute approximate surface area is 134 Å². The van der Waals surface area contributed by atoms with Crippen LogP contribution < -0.4 is 0 Å². The van der Waals surface area contributed by atoms with Gasteiger partial charge in [0.2, 0.25) is 10.0 Å². The molecule has 118 valence electrons. The fraction of sp³-hybridized carbons (Fsp3) is 0.538. The SMILES string of the molecule is COCCN(C1CC1)S(=O)(=O)c1cc(Cl)cc(CO)c1Cl. The van der Waals surface area contributed by atoms with Crippen LogP contribution >= 0.6 is 23.2 Å². The van der Waals surface area contributed by atoms with Gasteiger partial charge in [-0.05, 0) is 30.5 Å². The van der Waals surface area contributed by atoms with Crippen LogP contribution in [0.5, 0.6) is 0 Å². The van der Waals surface area contributed by atoms with Crippen molar-refractivity contribution in [2.24, 2.45) is 0 Å². The van der Waals surface area contributed by atoms with Crippen LogP contribution in [0.4, 0.5) is 0 Å². The standard InChI is InChI=1S/C13H17Cl2NO4S/c1-20-5-4-16(11-2-3-11)21(18,19)12-7-10(14)6-9(8-17)13(12)15/h6-7,11,17H,2-5,8H2,1H3. The molecule has 1 fully saturated rings. The van der Waals surface area contributed by atoms with E-state index >= 15 is 0 Å². The third-order valence-corrected chi connectivity index (χ3v) is 6.06. The Morgan fingerprint density at radius 2 is 2.05 bits per heavy atom. The average Bonchev–Trinajstić information content (AvgIpc) is 3.25. The summed E-state index contributed by atoms with van der Waals surface area (Å²) in [7, 11) is -2.25. The molecule has 0 aliphatic heterocycles. The van der Waals surface area contributed by atoms with E-state index in [4.69, 9.17) is 27.9 Å². The number of halogens is 2. The molecule has 1 saturated carbocycles. The van der Waals surface area contributed by atoms with Crippen molar-refractivity contribution < 1.29 is 18.3 Å². The van der Waals surface area contributed by atoms with Crippen molar-refractivity contribution in [3.8, 4) is 0 Å². The van der Waals surface area contributed by atoms with E-state index in [9.17, 15) is 13.5 Å². The normalized spacial score (nSPS) is 15.7. The lowest BCUT2D eigenvalue weighted by Gasteiger charge is -2.22. The smallest absolute Gasteiger partial charge is 0.244 e. The topological polar surface area (TPSA) is 66.8 Å². The number of aliphatic hydroxyl groups is 1. The van der Waals surface area contributed by atoms with Crippen LogP contribution in [0, 0.1) is 0 Å². The predicted molar refractivity (Wildman–Crippen MR) is 81.2 cm³/mol. The molecule has 0 aromatic heterocycles. The van der Waals surface area contributed by atoms with E-state index in [0.29, 0.717) is 12.2 Å². The molecule has 1 aromatic rings. The van der Waals surface area contributed by atoms with Crippen LogP contribution in [0.25, 0.3) is 0 Å². The van der Waals surface area contributed by atoms with Crippen LogP contribution in [-0.2, 0) is 21.4 Å². The zero-order valence-electron chi connectivity index (χ0n) is 11.6. The van der Waals surface area contributed by atoms with Crippen LogP contribution in [0.15, 0.2) is 17.0 Å². The highest BCUT2D eigenvalue weighted by molar-refractivity contribution is 7.89. The summed E-state index contributed by atoms with van der Waals surface area (Å²) in [4.78, 5) is -0.0660. The number of nitrogens with zero attached hydrogens (tertiary/aromatic N) is 1. The molecule has 5 nitrogen and oxygen atoms in total. The maximum atomic E-state index is 12.8. The minimum atomic E-state index is -3.77. The number of methoxy groups -OCH3 is 1. The molecule has 1 aromatic carbocycles. The Morgan fingerprint density at radius 3 is 2.57 bits per heavy atom. The van der Waals surface area contributed by atoms with Gasteiger partial charge in [0, 0.05) is 24.7 Å². The summed E-state index contributed by atoms with van der Waals surface area (Å²) in [6.07, 6.45) is 1.65. The molecule has 0 bridgehead atoms. The Morgan fingerprint density at radius 1 is 1.38 bits per heavy atom. The van der Waals surface area contributed by atoms with E-state index in [1.165, 1.54) is 23.5 Å². The summed E-state index contributed by atoms with van der Waals surface area (Å²) < 4.78 is 32.0. The first-order valence-electron chi connectivity index (χ1n) is 6.51. The maximum Gasteiger partial charge on any atom is 0.244 e. The summed E-state index contributed by atoms with van der Waals surface area (Å²) in [5.41, 5.74) is 0.297. The highest BCUT2D eigenvalue weighted by Crippen LogP contribution is 2.36. The van der Waals surface area contributed by atoms with Crippen molar-refractivity contribution in [3.63, 3.8) is 0 Å². The average molecular weight is 354 g/mol. The van der Waals surface area contributed by atoms with Crippen molar-refractivity contribution >= 4 is 33.2 Å². The van der Waals surface area contributed by atoms with Gasteiger partial charge in [-0.3, -0.25) is 0 Å². The number of hydrogen-bond acceptors (Lipinski definition) is 4. The zero-order valence-corrected chi connectivity index (χ0v) is 13.9. The van der Waals surface area contributed by atoms with Gasteiger partial charge in [0.25, 0.3) is 0 Å². The molecular weight excluding hydrogens is 337 g/mol. The molecule has 0 heterocycles. The summed E-state index contributed by atoms with van der Waals surface area (Å²) in [6, 6.07) is 2.76. The molecule has 0 unspecified atom stereocenters. The lowest BCUT2D eigenvalue weighted by atomic mass is 10.2. The van der Waals surface area contributed by atoms with E-state index in [-0.39, 0.29) is 34.1 Å². The van der Waals surface area contributed by atoms with Gasteiger partial charge in [-0.2, -0.15) is 4.31 Å². The lowest BCUT2D eigenvalue weighted by Crippen LogP contribution is -2.36. The zero-order chi connectivity index (χ0) is 15.6. The summed E-state index contributed by atoms with van der Waals surface area (Å²) in [5.74, 6) is 0. The molecule has 1 aliphatic carbocycles. The number of ether oxygens (including phenoxy) is 1. The highest BCUT2D eigenvalue weighted by atomic mass is 35.5. The van der Waals surface area contributed by atoms with Crippen LogP contribution in [0.1, 0.15) is 18.4 Å². The molecule has 1 N–H and O–H groups in total. The van der Waals surface area contributed by atoms with Crippen LogP contribution in [-0.4, -0.2) is 44.1 Å². The minimum absolute atomic E-state index is 0.0159. The molecule has 2 rings (SSSR count). The second-order valence-corrected chi connectivity index (χ2v) is 7.55. The summed E-state index contributed by atoms with van der Waals surface area (Å²) in [6.45, 7) is 0.199. The largest absolute Gasteiger partial charge is 0.392 e. The van der Waals surface area contributed by atoms with Gasteiger partial charge in [-0.25, -0.2) is 8.42 Å². The van der Waals surface area contributed by atoms with Crippen molar-refractivity contribution in [2.75, 3.05) is 20.3 Å². The minimum Gasteiger partial charge on any atom is -0.392 e. The molecule has 0 spiro atoms. The van der Waals surface area contributed by atoms with E-state index in [0.717, 1.165) is 12.8 Å². The van der Waals surface area contributed by atoms with Gasteiger partial charge in [0.05, 0.1) is 18.2 Å². The molecule has 0 saturated heterocycles. The Kier molecular flexibility index (Phi) is 5.51. The number of aliphatic hydroxyl groups excluding tert-OH is 1. The van der Waals surface area contributed by atoms with Gasteiger partial charge < -0.3 is 9.84 Å². The van der Waals surface area contributed by atoms with E-state index in [1.807, 2.05) is 0 Å². The molecule has 0 radical (unpaired) electrons. The van der Waals surface area contributed by atoms with E-state index in [2.05, 4.69) is 0 Å². The van der Waals surface area contributed by atoms with Gasteiger partial charge in [0.15, 0.2) is 0 Å². The quantitative estimate of drug-likeness (QED) is 0.816. The molecule has 8 heteroatoms. The Bertz CT molecular complexity index is 617. The van der Waals surface area contributed by atoms with E-state index in [1.54, 1.807) is 0 Å². The van der Waals surface area contributed by atoms with Crippen LogP contribution in [0.3, 0.4) is 0 Å². The monoisotopic (exact) mass is 353 g/mol. The van der Waals surface area contributed by atoms with Gasteiger partial charge in [-0.1, -0.05) is 23.2 Å². The van der Waals surface area contributed by atoms with Crippen molar-refractivity contribution in [2.45, 2.75) is 30.4 Å². The van der Waals surface area contributed by atoms with Gasteiger partial charge in [0.1, 0.15) is 4.90 Å². The van der Waals surface area contributed by atoms with E-state index < -0.39 is 10.0 Å². The molecule has 21 heavy (non-hydrogen) atoms. The second-order valence-electron chi connectivity index (χ2n) is 4.87. The third-order valence-electron chi connectivity index (χ3n) is 3.31. The summed E-state index contributed by atoms with van der Waals surface area (Å²) >= 11 is 12.0. The van der Waals surface area contributed by atoms with Crippen molar-refractivity contribution in [1.29, 1.82) is 0 Å². The third kappa shape index (κ3) is 3.70. The fourth-order valence-corrected chi connectivity index (χ4v) is 4.66. The first kappa shape index (κ1) is 17.0. The number of rotatable bonds is 7. The maximum absolute atomic E-state index is 12.8. The van der Waals surface area contributed by atoms with Gasteiger partial charge >= 0.3 is 0 Å². The van der Waals surface area contributed by atoms with Crippen molar-refractivity contribution in [1.82, 2.24) is 4.31 Å². The van der Waals surface area contributed by atoms with Gasteiger partial charge in [-0.15, -0.1) is 0 Å². The first-order valence-corrected chi connectivity index (χ1v) is 8.71. The molecule has 0 atom stereocenters. The molecule has 0 amide bonds.